The van der Waals surface area contributed by atoms with Crippen LogP contribution < -0.4 is 15.4 Å². The Kier molecular flexibility index (Phi) is 12.3. The van der Waals surface area contributed by atoms with E-state index in [0.717, 1.165) is 29.9 Å². The lowest BCUT2D eigenvalue weighted by atomic mass is 10.2. The summed E-state index contributed by atoms with van der Waals surface area (Å²) in [5, 5.41) is 5.23. The molecular weight excluding hydrogens is 642 g/mol. The van der Waals surface area contributed by atoms with Crippen molar-refractivity contribution in [1.29, 1.82) is 0 Å². The number of thioether (sulfide) groups is 1. The van der Waals surface area contributed by atoms with Crippen molar-refractivity contribution in [3.63, 3.8) is 0 Å². The van der Waals surface area contributed by atoms with Crippen molar-refractivity contribution in [2.45, 2.75) is 58.2 Å². The number of benzene rings is 1. The molecule has 2 heterocycles. The molecule has 2 N–H and O–H groups in total. The molecule has 0 aliphatic rings. The zero-order valence-corrected chi connectivity index (χ0v) is 28.0. The van der Waals surface area contributed by atoms with E-state index in [1.165, 1.54) is 12.3 Å². The molecule has 0 saturated carbocycles. The minimum atomic E-state index is -3.41. The molecule has 16 heteroatoms. The Morgan fingerprint density at radius 2 is 1.89 bits per heavy atom. The van der Waals surface area contributed by atoms with Gasteiger partial charge in [-0.05, 0) is 39.1 Å². The van der Waals surface area contributed by atoms with Crippen LogP contribution in [0.3, 0.4) is 0 Å². The second kappa shape index (κ2) is 15.3. The molecule has 2 aromatic heterocycles. The first kappa shape index (κ1) is 35.5. The van der Waals surface area contributed by atoms with Gasteiger partial charge in [0.15, 0.2) is 22.6 Å². The first-order valence-electron chi connectivity index (χ1n) is 13.7. The third-order valence-electron chi connectivity index (χ3n) is 5.74. The number of amidine groups is 1. The van der Waals surface area contributed by atoms with Crippen LogP contribution in [-0.2, 0) is 16.2 Å². The number of carbonyl (C=O) groups is 1. The zero-order chi connectivity index (χ0) is 32.7. The second-order valence-electron chi connectivity index (χ2n) is 11.2. The van der Waals surface area contributed by atoms with Crippen molar-refractivity contribution in [2.75, 3.05) is 31.3 Å². The molecule has 3 aromatic rings. The monoisotopic (exact) mass is 677 g/mol. The van der Waals surface area contributed by atoms with E-state index in [-0.39, 0.29) is 28.4 Å². The first-order chi connectivity index (χ1) is 20.6. The summed E-state index contributed by atoms with van der Waals surface area (Å²) in [7, 11) is -0.761. The van der Waals surface area contributed by atoms with Gasteiger partial charge >= 0.3 is 6.09 Å². The van der Waals surface area contributed by atoms with Gasteiger partial charge in [-0.15, -0.1) is 0 Å². The molecule has 242 valence electrons. The molecule has 9 nitrogen and oxygen atoms in total. The maximum atomic E-state index is 15.1. The van der Waals surface area contributed by atoms with Crippen molar-refractivity contribution in [2.24, 2.45) is 4.99 Å². The number of aliphatic imine (C=N–C) groups is 1. The number of alkyl halides is 2. The highest BCUT2D eigenvalue weighted by Crippen LogP contribution is 2.37. The lowest BCUT2D eigenvalue weighted by molar-refractivity contribution is 0.00390. The van der Waals surface area contributed by atoms with Crippen molar-refractivity contribution in [3.05, 3.63) is 47.2 Å². The number of aromatic nitrogens is 2. The molecule has 3 rings (SSSR count). The lowest BCUT2D eigenvalue weighted by Crippen LogP contribution is -2.41. The Labute approximate surface area is 264 Å². The number of nitrogens with zero attached hydrogens (tertiary/aromatic N) is 3. The fourth-order valence-corrected chi connectivity index (χ4v) is 5.03. The normalized spacial score (nSPS) is 12.6. The summed E-state index contributed by atoms with van der Waals surface area (Å²) < 4.78 is 76.8. The van der Waals surface area contributed by atoms with E-state index in [0.29, 0.717) is 17.6 Å². The van der Waals surface area contributed by atoms with Gasteiger partial charge < -0.3 is 29.4 Å². The molecule has 1 amide bonds. The van der Waals surface area contributed by atoms with E-state index in [4.69, 9.17) is 25.8 Å². The third-order valence-corrected chi connectivity index (χ3v) is 8.04. The molecule has 0 unspecified atom stereocenters. The molecule has 0 atom stereocenters. The number of alkyl carbamates (subject to hydrolysis) is 1. The van der Waals surface area contributed by atoms with Gasteiger partial charge in [0.25, 0.3) is 5.92 Å². The molecule has 0 aliphatic heterocycles. The summed E-state index contributed by atoms with van der Waals surface area (Å²) in [5.74, 6) is -6.12. The number of hydrogen-bond donors (Lipinski definition) is 2. The summed E-state index contributed by atoms with van der Waals surface area (Å²) in [6.45, 7) is 8.07. The number of amides is 1. The van der Waals surface area contributed by atoms with E-state index in [2.05, 4.69) is 28.4 Å². The van der Waals surface area contributed by atoms with Crippen LogP contribution >= 0.6 is 23.4 Å². The summed E-state index contributed by atoms with van der Waals surface area (Å²) in [4.78, 5) is 19.8. The summed E-state index contributed by atoms with van der Waals surface area (Å²) >= 11 is 7.38. The van der Waals surface area contributed by atoms with Gasteiger partial charge in [-0.3, -0.25) is 4.99 Å². The molecule has 0 aliphatic carbocycles. The highest BCUT2D eigenvalue weighted by atomic mass is 35.5. The number of fused-ring (bicyclic) bond motifs is 1. The van der Waals surface area contributed by atoms with Crippen molar-refractivity contribution in [3.8, 4) is 11.5 Å². The maximum absolute atomic E-state index is 15.1. The Hall–Kier alpha value is -3.01. The summed E-state index contributed by atoms with van der Waals surface area (Å²) in [6, 6.07) is 4.35. The van der Waals surface area contributed by atoms with Gasteiger partial charge in [0, 0.05) is 45.6 Å². The fourth-order valence-electron chi connectivity index (χ4n) is 3.68. The number of nitrogens with one attached hydrogen (secondary N) is 2. The number of rotatable bonds is 12. The molecule has 44 heavy (non-hydrogen) atoms. The van der Waals surface area contributed by atoms with Gasteiger partial charge in [-0.25, -0.2) is 27.3 Å². The SMILES string of the molecule is CS/C(=N\CC(F)(F)CNC(=O)OC(C)(C)C)Nc1cc(F)c(Oc2ccnc3c2c(Cl)cn3COCC[SiH](C)C)c(F)c1. The van der Waals surface area contributed by atoms with Crippen LogP contribution in [0.1, 0.15) is 20.8 Å². The summed E-state index contributed by atoms with van der Waals surface area (Å²) in [6.07, 6.45) is 3.60. The maximum Gasteiger partial charge on any atom is 0.407 e. The van der Waals surface area contributed by atoms with Crippen LogP contribution in [-0.4, -0.2) is 67.1 Å². The number of carbonyl (C=O) groups excluding carboxylic acids is 1. The number of anilines is 1. The molecule has 1 aromatic carbocycles. The smallest absolute Gasteiger partial charge is 0.407 e. The second-order valence-corrected chi connectivity index (χ2v) is 15.8. The minimum absolute atomic E-state index is 0.0312. The zero-order valence-electron chi connectivity index (χ0n) is 25.3. The average molecular weight is 678 g/mol. The van der Waals surface area contributed by atoms with Crippen LogP contribution in [0.2, 0.25) is 24.2 Å². The Morgan fingerprint density at radius 3 is 2.50 bits per heavy atom. The molecular formula is C28H36ClF4N5O4SSi. The van der Waals surface area contributed by atoms with E-state index >= 15 is 8.78 Å². The lowest BCUT2D eigenvalue weighted by Gasteiger charge is -2.21. The van der Waals surface area contributed by atoms with E-state index < -0.39 is 56.9 Å². The van der Waals surface area contributed by atoms with Gasteiger partial charge in [0.1, 0.15) is 30.3 Å². The Morgan fingerprint density at radius 1 is 1.20 bits per heavy atom. The number of ether oxygens (including phenoxy) is 3. The molecule has 0 radical (unpaired) electrons. The first-order valence-corrected chi connectivity index (χ1v) is 18.4. The Bertz CT molecular complexity index is 1460. The number of pyridine rings is 1. The third kappa shape index (κ3) is 10.6. The topological polar surface area (TPSA) is 99.0 Å². The standard InChI is InChI=1S/C28H36ClF4N5O4SSi/c1-27(2,3)42-26(39)36-15-28(32,33)14-35-25(43-4)37-17-11-19(30)23(20(31)12-17)41-21-7-8-34-24-22(21)18(29)13-38(24)16-40-9-10-44(5)6/h7-8,11-13,44H,9-10,14-16H2,1-6H3,(H,35,37)(H,36,39). The van der Waals surface area contributed by atoms with Crippen LogP contribution in [0.15, 0.2) is 35.6 Å². The Balaban J connectivity index is 1.71. The van der Waals surface area contributed by atoms with Crippen molar-refractivity contribution >= 4 is 60.1 Å². The van der Waals surface area contributed by atoms with E-state index in [9.17, 15) is 13.6 Å². The number of halogens is 5. The van der Waals surface area contributed by atoms with Gasteiger partial charge in [0.2, 0.25) is 0 Å². The van der Waals surface area contributed by atoms with Gasteiger partial charge in [-0.2, -0.15) is 0 Å². The van der Waals surface area contributed by atoms with Gasteiger partial charge in [0.05, 0.1) is 17.0 Å². The van der Waals surface area contributed by atoms with Crippen LogP contribution in [0.5, 0.6) is 11.5 Å². The van der Waals surface area contributed by atoms with Crippen molar-refractivity contribution < 1.29 is 36.6 Å². The highest BCUT2D eigenvalue weighted by molar-refractivity contribution is 8.13. The number of hydrogen-bond acceptors (Lipinski definition) is 7. The predicted molar refractivity (Wildman–Crippen MR) is 169 cm³/mol. The predicted octanol–water partition coefficient (Wildman–Crippen LogP) is 7.51. The van der Waals surface area contributed by atoms with Crippen LogP contribution in [0, 0.1) is 11.6 Å². The van der Waals surface area contributed by atoms with E-state index in [1.807, 2.05) is 5.32 Å². The highest BCUT2D eigenvalue weighted by Gasteiger charge is 2.30. The largest absolute Gasteiger partial charge is 0.450 e. The summed E-state index contributed by atoms with van der Waals surface area (Å²) in [5.41, 5.74) is -0.501. The van der Waals surface area contributed by atoms with Gasteiger partial charge in [-0.1, -0.05) is 36.5 Å². The molecule has 0 fully saturated rings. The fraction of sp³-hybridized carbons (Fsp3) is 0.464. The van der Waals surface area contributed by atoms with E-state index in [1.54, 1.807) is 37.8 Å². The molecule has 0 bridgehead atoms. The van der Waals surface area contributed by atoms with Crippen LogP contribution in [0.4, 0.5) is 28.0 Å². The van der Waals surface area contributed by atoms with Crippen LogP contribution in [0.25, 0.3) is 11.0 Å². The minimum Gasteiger partial charge on any atom is -0.450 e. The average Bonchev–Trinajstić information content (AvgIpc) is 3.25. The quantitative estimate of drug-likeness (QED) is 0.0673. The molecule has 0 spiro atoms. The molecule has 0 saturated heterocycles. The van der Waals surface area contributed by atoms with Crippen molar-refractivity contribution in [1.82, 2.24) is 14.9 Å².